The number of nitrogens with zero attached hydrogens (tertiary/aromatic N) is 5. The first kappa shape index (κ1) is 16.3. The van der Waals surface area contributed by atoms with Crippen molar-refractivity contribution in [2.24, 2.45) is 5.73 Å². The third kappa shape index (κ3) is 2.94. The molecule has 1 atom stereocenters. The Labute approximate surface area is 150 Å². The highest BCUT2D eigenvalue weighted by Gasteiger charge is 2.10. The van der Waals surface area contributed by atoms with Gasteiger partial charge in [-0.3, -0.25) is 9.97 Å². The van der Waals surface area contributed by atoms with Crippen LogP contribution in [-0.2, 0) is 6.61 Å². The third-order valence-electron chi connectivity index (χ3n) is 4.15. The average molecular weight is 346 g/mol. The zero-order chi connectivity index (χ0) is 18.1. The van der Waals surface area contributed by atoms with Crippen LogP contribution in [0.5, 0.6) is 0 Å². The fraction of sp³-hybridized carbons (Fsp3) is 0.158. The van der Waals surface area contributed by atoms with E-state index in [1.807, 2.05) is 43.3 Å². The summed E-state index contributed by atoms with van der Waals surface area (Å²) in [7, 11) is 0. The first-order valence-electron chi connectivity index (χ1n) is 8.28. The Kier molecular flexibility index (Phi) is 4.16. The summed E-state index contributed by atoms with van der Waals surface area (Å²) < 4.78 is 1.71. The zero-order valence-electron chi connectivity index (χ0n) is 14.2. The Morgan fingerprint density at radius 2 is 2.00 bits per heavy atom. The summed E-state index contributed by atoms with van der Waals surface area (Å²) in [6, 6.07) is 11.7. The predicted molar refractivity (Wildman–Crippen MR) is 98.4 cm³/mol. The summed E-state index contributed by atoms with van der Waals surface area (Å²) >= 11 is 0. The van der Waals surface area contributed by atoms with Gasteiger partial charge in [-0.1, -0.05) is 18.2 Å². The lowest BCUT2D eigenvalue weighted by atomic mass is 10.1. The van der Waals surface area contributed by atoms with E-state index >= 15 is 0 Å². The van der Waals surface area contributed by atoms with Gasteiger partial charge in [0.15, 0.2) is 5.82 Å². The lowest BCUT2D eigenvalue weighted by molar-refractivity contribution is 0.276. The minimum absolute atomic E-state index is 0.124. The molecule has 26 heavy (non-hydrogen) atoms. The van der Waals surface area contributed by atoms with Crippen molar-refractivity contribution in [1.29, 1.82) is 0 Å². The number of aliphatic hydroxyl groups is 1. The summed E-state index contributed by atoms with van der Waals surface area (Å²) in [6.45, 7) is 1.75. The fourth-order valence-corrected chi connectivity index (χ4v) is 2.80. The van der Waals surface area contributed by atoms with Gasteiger partial charge in [-0.2, -0.15) is 5.10 Å². The van der Waals surface area contributed by atoms with Crippen LogP contribution < -0.4 is 5.73 Å². The maximum absolute atomic E-state index is 9.29. The molecule has 130 valence electrons. The van der Waals surface area contributed by atoms with Crippen molar-refractivity contribution in [3.63, 3.8) is 0 Å². The van der Waals surface area contributed by atoms with Crippen LogP contribution >= 0.6 is 0 Å². The maximum Gasteiger partial charge on any atom is 0.172 e. The highest BCUT2D eigenvalue weighted by molar-refractivity contribution is 5.84. The van der Waals surface area contributed by atoms with Gasteiger partial charge in [-0.05, 0) is 25.1 Å². The molecule has 3 heterocycles. The molecule has 0 aliphatic heterocycles. The highest BCUT2D eigenvalue weighted by Crippen LogP contribution is 2.25. The molecule has 1 aromatic carbocycles. The van der Waals surface area contributed by atoms with Gasteiger partial charge in [0.2, 0.25) is 0 Å². The number of rotatable bonds is 4. The number of nitrogens with two attached hydrogens (primary N) is 1. The molecule has 0 radical (unpaired) electrons. The van der Waals surface area contributed by atoms with Crippen molar-refractivity contribution in [1.82, 2.24) is 24.7 Å². The summed E-state index contributed by atoms with van der Waals surface area (Å²) in [5.41, 5.74) is 10.00. The van der Waals surface area contributed by atoms with Crippen molar-refractivity contribution in [3.05, 3.63) is 66.4 Å². The predicted octanol–water partition coefficient (Wildman–Crippen LogP) is 2.39. The molecule has 0 saturated heterocycles. The SMILES string of the molecule is C[C@H](N)c1cccc(-c2ccc3cnn(-c4cncc(CO)n4)c3c2)n1. The van der Waals surface area contributed by atoms with E-state index in [2.05, 4.69) is 20.1 Å². The van der Waals surface area contributed by atoms with Crippen molar-refractivity contribution in [2.45, 2.75) is 19.6 Å². The molecule has 4 aromatic rings. The first-order valence-corrected chi connectivity index (χ1v) is 8.28. The number of hydrogen-bond acceptors (Lipinski definition) is 6. The van der Waals surface area contributed by atoms with Crippen LogP contribution in [0.1, 0.15) is 24.4 Å². The van der Waals surface area contributed by atoms with E-state index in [4.69, 9.17) is 5.73 Å². The molecule has 0 saturated carbocycles. The van der Waals surface area contributed by atoms with Crippen molar-refractivity contribution < 1.29 is 5.11 Å². The minimum Gasteiger partial charge on any atom is -0.390 e. The summed E-state index contributed by atoms with van der Waals surface area (Å²) in [4.78, 5) is 13.1. The topological polar surface area (TPSA) is 103 Å². The summed E-state index contributed by atoms with van der Waals surface area (Å²) in [5.74, 6) is 0.556. The number of benzene rings is 1. The van der Waals surface area contributed by atoms with Crippen LogP contribution in [0.25, 0.3) is 28.0 Å². The van der Waals surface area contributed by atoms with Crippen LogP contribution in [0.4, 0.5) is 0 Å². The molecular weight excluding hydrogens is 328 g/mol. The Balaban J connectivity index is 1.83. The molecule has 0 bridgehead atoms. The van der Waals surface area contributed by atoms with E-state index in [-0.39, 0.29) is 12.6 Å². The van der Waals surface area contributed by atoms with Crippen LogP contribution in [0.15, 0.2) is 55.0 Å². The molecule has 7 heteroatoms. The van der Waals surface area contributed by atoms with Gasteiger partial charge in [0.25, 0.3) is 0 Å². The lowest BCUT2D eigenvalue weighted by Crippen LogP contribution is -2.07. The normalized spacial score (nSPS) is 12.4. The molecule has 3 aromatic heterocycles. The van der Waals surface area contributed by atoms with Gasteiger partial charge in [-0.15, -0.1) is 0 Å². The molecular formula is C19H18N6O. The van der Waals surface area contributed by atoms with Crippen molar-refractivity contribution in [3.8, 4) is 17.1 Å². The van der Waals surface area contributed by atoms with Gasteiger partial charge in [0.05, 0.1) is 47.8 Å². The maximum atomic E-state index is 9.29. The smallest absolute Gasteiger partial charge is 0.172 e. The Bertz CT molecular complexity index is 1070. The molecule has 0 aliphatic carbocycles. The number of fused-ring (bicyclic) bond motifs is 1. The van der Waals surface area contributed by atoms with Gasteiger partial charge >= 0.3 is 0 Å². The Hall–Kier alpha value is -3.16. The Morgan fingerprint density at radius 1 is 1.12 bits per heavy atom. The van der Waals surface area contributed by atoms with Crippen molar-refractivity contribution >= 4 is 10.9 Å². The van der Waals surface area contributed by atoms with Crippen LogP contribution in [-0.4, -0.2) is 29.8 Å². The largest absolute Gasteiger partial charge is 0.390 e. The molecule has 0 spiro atoms. The average Bonchev–Trinajstić information content (AvgIpc) is 3.11. The highest BCUT2D eigenvalue weighted by atomic mass is 16.3. The molecule has 0 amide bonds. The van der Waals surface area contributed by atoms with Gasteiger partial charge in [0, 0.05) is 17.0 Å². The third-order valence-corrected chi connectivity index (χ3v) is 4.15. The molecule has 0 unspecified atom stereocenters. The molecule has 0 fully saturated rings. The van der Waals surface area contributed by atoms with Crippen LogP contribution in [0, 0.1) is 0 Å². The quantitative estimate of drug-likeness (QED) is 0.588. The number of hydrogen-bond donors (Lipinski definition) is 2. The van der Waals surface area contributed by atoms with E-state index in [0.29, 0.717) is 11.5 Å². The standard InChI is InChI=1S/C19H18N6O/c1-12(20)16-3-2-4-17(24-16)13-5-6-14-8-22-25(18(14)7-13)19-10-21-9-15(11-26)23-19/h2-10,12,26H,11,20H2,1H3/t12-/m0/s1. The van der Waals surface area contributed by atoms with Crippen molar-refractivity contribution in [2.75, 3.05) is 0 Å². The molecule has 7 nitrogen and oxygen atoms in total. The van der Waals surface area contributed by atoms with E-state index in [1.54, 1.807) is 17.1 Å². The van der Waals surface area contributed by atoms with E-state index in [9.17, 15) is 5.11 Å². The van der Waals surface area contributed by atoms with Gasteiger partial charge < -0.3 is 10.8 Å². The second-order valence-electron chi connectivity index (χ2n) is 6.09. The summed E-state index contributed by atoms with van der Waals surface area (Å²) in [5, 5.41) is 14.7. The van der Waals surface area contributed by atoms with Gasteiger partial charge in [0.1, 0.15) is 0 Å². The molecule has 3 N–H and O–H groups in total. The van der Waals surface area contributed by atoms with E-state index < -0.39 is 0 Å². The molecule has 0 aliphatic rings. The fourth-order valence-electron chi connectivity index (χ4n) is 2.80. The Morgan fingerprint density at radius 3 is 2.81 bits per heavy atom. The van der Waals surface area contributed by atoms with E-state index in [0.717, 1.165) is 27.9 Å². The second-order valence-corrected chi connectivity index (χ2v) is 6.09. The monoisotopic (exact) mass is 346 g/mol. The van der Waals surface area contributed by atoms with Gasteiger partial charge in [-0.25, -0.2) is 9.67 Å². The van der Waals surface area contributed by atoms with Crippen LogP contribution in [0.3, 0.4) is 0 Å². The summed E-state index contributed by atoms with van der Waals surface area (Å²) in [6.07, 6.45) is 4.93. The number of pyridine rings is 1. The minimum atomic E-state index is -0.167. The van der Waals surface area contributed by atoms with Crippen LogP contribution in [0.2, 0.25) is 0 Å². The first-order chi connectivity index (χ1) is 12.7. The zero-order valence-corrected chi connectivity index (χ0v) is 14.2. The number of aromatic nitrogens is 5. The van der Waals surface area contributed by atoms with E-state index in [1.165, 1.54) is 6.20 Å². The molecule has 4 rings (SSSR count). The lowest BCUT2D eigenvalue weighted by Gasteiger charge is -2.08. The number of aliphatic hydroxyl groups excluding tert-OH is 1. The second kappa shape index (κ2) is 6.62.